The molecule has 2 N–H and O–H groups in total. The number of aliphatic imine (C=N–C) groups is 1. The van der Waals surface area contributed by atoms with Crippen molar-refractivity contribution in [1.82, 2.24) is 4.90 Å². The molecule has 0 saturated heterocycles. The van der Waals surface area contributed by atoms with Gasteiger partial charge in [-0.05, 0) is 47.9 Å². The molecule has 1 aliphatic rings. The molecule has 0 radical (unpaired) electrons. The zero-order valence-corrected chi connectivity index (χ0v) is 19.8. The van der Waals surface area contributed by atoms with E-state index in [4.69, 9.17) is 15.2 Å². The van der Waals surface area contributed by atoms with Crippen LogP contribution in [-0.2, 0) is 20.8 Å². The minimum Gasteiger partial charge on any atom is -0.482 e. The summed E-state index contributed by atoms with van der Waals surface area (Å²) in [4.78, 5) is 53.5. The maximum absolute atomic E-state index is 12.8. The van der Waals surface area contributed by atoms with E-state index in [2.05, 4.69) is 9.73 Å². The van der Waals surface area contributed by atoms with Gasteiger partial charge in [0.2, 0.25) is 0 Å². The summed E-state index contributed by atoms with van der Waals surface area (Å²) < 4.78 is 14.9. The van der Waals surface area contributed by atoms with Gasteiger partial charge in [-0.15, -0.1) is 0 Å². The molecular weight excluding hydrogens is 454 g/mol. The van der Waals surface area contributed by atoms with Gasteiger partial charge in [-0.25, -0.2) is 9.59 Å². The molecule has 0 unspecified atom stereocenters. The summed E-state index contributed by atoms with van der Waals surface area (Å²) in [6.07, 6.45) is -0.825. The molecule has 35 heavy (non-hydrogen) atoms. The number of ether oxygens (including phenoxy) is 3. The number of nitrogens with two attached hydrogens (primary N) is 1. The maximum Gasteiger partial charge on any atom is 0.435 e. The van der Waals surface area contributed by atoms with E-state index >= 15 is 0 Å². The summed E-state index contributed by atoms with van der Waals surface area (Å²) in [6, 6.07) is 11.2. The number of amidine groups is 1. The summed E-state index contributed by atoms with van der Waals surface area (Å²) in [5.41, 5.74) is 7.84. The molecule has 0 aromatic heterocycles. The molecule has 1 aliphatic heterocycles. The number of ketones is 1. The zero-order chi connectivity index (χ0) is 25.5. The first-order valence-electron chi connectivity index (χ1n) is 10.9. The van der Waals surface area contributed by atoms with Crippen LogP contribution < -0.4 is 10.5 Å². The number of benzene rings is 2. The van der Waals surface area contributed by atoms with Crippen LogP contribution in [0.15, 0.2) is 47.5 Å². The van der Waals surface area contributed by atoms with Gasteiger partial charge in [0.1, 0.15) is 11.6 Å². The van der Waals surface area contributed by atoms with E-state index in [1.54, 1.807) is 42.5 Å². The monoisotopic (exact) mass is 481 g/mol. The Balaban J connectivity index is 1.58. The molecule has 2 aromatic carbocycles. The van der Waals surface area contributed by atoms with Crippen LogP contribution in [-0.4, -0.2) is 61.4 Å². The first-order chi connectivity index (χ1) is 16.7. The van der Waals surface area contributed by atoms with Crippen molar-refractivity contribution in [3.8, 4) is 5.75 Å². The molecule has 0 atom stereocenters. The molecule has 3 rings (SSSR count). The number of hydrogen-bond acceptors (Lipinski definition) is 7. The van der Waals surface area contributed by atoms with Crippen LogP contribution in [0.5, 0.6) is 5.75 Å². The lowest BCUT2D eigenvalue weighted by atomic mass is 10.1. The Morgan fingerprint density at radius 3 is 2.43 bits per heavy atom. The summed E-state index contributed by atoms with van der Waals surface area (Å²) in [5, 5.41) is 0. The van der Waals surface area contributed by atoms with E-state index in [-0.39, 0.29) is 43.1 Å². The van der Waals surface area contributed by atoms with Crippen molar-refractivity contribution in [3.63, 3.8) is 0 Å². The summed E-state index contributed by atoms with van der Waals surface area (Å²) in [5.74, 6) is -0.361. The van der Waals surface area contributed by atoms with Gasteiger partial charge in [0.25, 0.3) is 5.91 Å². The van der Waals surface area contributed by atoms with Crippen LogP contribution in [0.2, 0.25) is 0 Å². The molecule has 2 amide bonds. The van der Waals surface area contributed by atoms with Crippen LogP contribution in [0.25, 0.3) is 0 Å². The first kappa shape index (κ1) is 25.4. The topological polar surface area (TPSA) is 138 Å². The van der Waals surface area contributed by atoms with Gasteiger partial charge >= 0.3 is 12.1 Å². The van der Waals surface area contributed by atoms with E-state index in [1.807, 2.05) is 13.8 Å². The predicted octanol–water partition coefficient (Wildman–Crippen LogP) is 2.58. The van der Waals surface area contributed by atoms with Crippen molar-refractivity contribution in [3.05, 3.63) is 64.7 Å². The summed E-state index contributed by atoms with van der Waals surface area (Å²) in [7, 11) is 1.20. The van der Waals surface area contributed by atoms with Gasteiger partial charge < -0.3 is 24.8 Å². The molecule has 184 valence electrons. The predicted molar refractivity (Wildman–Crippen MR) is 126 cm³/mol. The van der Waals surface area contributed by atoms with Gasteiger partial charge in [0.05, 0.1) is 20.3 Å². The molecule has 0 bridgehead atoms. The number of carbonyl (C=O) groups is 4. The Hall–Kier alpha value is -4.21. The Labute approximate surface area is 202 Å². The number of rotatable bonds is 9. The summed E-state index contributed by atoms with van der Waals surface area (Å²) in [6.45, 7) is 4.08. The fraction of sp³-hybridized carbons (Fsp3) is 0.320. The Bertz CT molecular complexity index is 1160. The minimum atomic E-state index is -0.825. The molecule has 10 heteroatoms. The van der Waals surface area contributed by atoms with Gasteiger partial charge in [0.15, 0.2) is 12.4 Å². The number of carbonyl (C=O) groups excluding carboxylic acids is 4. The lowest BCUT2D eigenvalue weighted by molar-refractivity contribution is -0.147. The number of fused-ring (bicyclic) bond motifs is 1. The van der Waals surface area contributed by atoms with Crippen molar-refractivity contribution >= 4 is 29.6 Å². The standard InChI is InChI=1S/C25H27N3O7/c1-15(2)13-35-22(30)14-34-19-7-4-16(5-8-19)21(29)12-28-11-18-10-17(6-9-20(18)24(28)31)23(26)27-25(32)33-3/h4-10,15H,11-14H2,1-3H3,(H2,26,27,32). The van der Waals surface area contributed by atoms with Crippen LogP contribution in [0.1, 0.15) is 45.7 Å². The average molecular weight is 482 g/mol. The maximum atomic E-state index is 12.8. The third kappa shape index (κ3) is 6.66. The number of esters is 1. The third-order valence-corrected chi connectivity index (χ3v) is 5.11. The second kappa shape index (κ2) is 11.3. The fourth-order valence-electron chi connectivity index (χ4n) is 3.32. The molecule has 2 aromatic rings. The zero-order valence-electron chi connectivity index (χ0n) is 19.8. The molecule has 0 aliphatic carbocycles. The lowest BCUT2D eigenvalue weighted by Gasteiger charge is -2.14. The van der Waals surface area contributed by atoms with Crippen LogP contribution in [0.3, 0.4) is 0 Å². The van der Waals surface area contributed by atoms with Crippen LogP contribution in [0.4, 0.5) is 4.79 Å². The van der Waals surface area contributed by atoms with Gasteiger partial charge in [-0.3, -0.25) is 9.59 Å². The van der Waals surface area contributed by atoms with E-state index in [1.165, 1.54) is 12.0 Å². The largest absolute Gasteiger partial charge is 0.482 e. The Kier molecular flexibility index (Phi) is 8.19. The van der Waals surface area contributed by atoms with Crippen molar-refractivity contribution in [2.24, 2.45) is 16.6 Å². The van der Waals surface area contributed by atoms with E-state index in [9.17, 15) is 19.2 Å². The number of methoxy groups -OCH3 is 1. The smallest absolute Gasteiger partial charge is 0.435 e. The Morgan fingerprint density at radius 2 is 1.77 bits per heavy atom. The molecule has 0 saturated carbocycles. The number of nitrogens with zero attached hydrogens (tertiary/aromatic N) is 2. The van der Waals surface area contributed by atoms with Gasteiger partial charge in [-0.2, -0.15) is 4.99 Å². The first-order valence-corrected chi connectivity index (χ1v) is 10.9. The van der Waals surface area contributed by atoms with E-state index in [0.29, 0.717) is 34.6 Å². The van der Waals surface area contributed by atoms with Crippen molar-refractivity contribution in [2.45, 2.75) is 20.4 Å². The molecule has 0 spiro atoms. The highest BCUT2D eigenvalue weighted by Gasteiger charge is 2.29. The average Bonchev–Trinajstić information content (AvgIpc) is 3.15. The summed E-state index contributed by atoms with van der Waals surface area (Å²) >= 11 is 0. The van der Waals surface area contributed by atoms with Crippen LogP contribution in [0, 0.1) is 5.92 Å². The lowest BCUT2D eigenvalue weighted by Crippen LogP contribution is -2.30. The highest BCUT2D eigenvalue weighted by Crippen LogP contribution is 2.24. The number of hydrogen-bond donors (Lipinski definition) is 1. The molecule has 10 nitrogen and oxygen atoms in total. The highest BCUT2D eigenvalue weighted by atomic mass is 16.6. The quantitative estimate of drug-likeness (QED) is 0.250. The minimum absolute atomic E-state index is 0.0304. The SMILES string of the molecule is COC(=O)/N=C(\N)c1ccc2c(c1)CN(CC(=O)c1ccc(OCC(=O)OCC(C)C)cc1)C2=O. The number of Topliss-reactive ketones (excluding diaryl/α,β-unsaturated/α-hetero) is 1. The van der Waals surface area contributed by atoms with Crippen molar-refractivity contribution in [1.29, 1.82) is 0 Å². The van der Waals surface area contributed by atoms with Crippen molar-refractivity contribution < 1.29 is 33.4 Å². The Morgan fingerprint density at radius 1 is 1.09 bits per heavy atom. The highest BCUT2D eigenvalue weighted by molar-refractivity contribution is 6.06. The molecule has 1 heterocycles. The third-order valence-electron chi connectivity index (χ3n) is 5.11. The second-order valence-electron chi connectivity index (χ2n) is 8.31. The van der Waals surface area contributed by atoms with Gasteiger partial charge in [0, 0.05) is 23.2 Å². The molecular formula is C25H27N3O7. The fourth-order valence-corrected chi connectivity index (χ4v) is 3.32. The van der Waals surface area contributed by atoms with E-state index in [0.717, 1.165) is 0 Å². The van der Waals surface area contributed by atoms with Crippen LogP contribution >= 0.6 is 0 Å². The normalized spacial score (nSPS) is 13.0. The van der Waals surface area contributed by atoms with E-state index < -0.39 is 12.1 Å². The molecule has 0 fully saturated rings. The number of amides is 2. The second-order valence-corrected chi connectivity index (χ2v) is 8.31. The van der Waals surface area contributed by atoms with Gasteiger partial charge in [-0.1, -0.05) is 19.9 Å². The van der Waals surface area contributed by atoms with Crippen molar-refractivity contribution in [2.75, 3.05) is 26.9 Å².